The maximum atomic E-state index is 8.60. The molecule has 0 aliphatic heterocycles. The molecule has 1 heterocycles. The minimum absolute atomic E-state index is 0.251. The Balaban J connectivity index is 1.97. The van der Waals surface area contributed by atoms with Crippen LogP contribution in [-0.2, 0) is 13.0 Å². The Hall–Kier alpha value is -2.61. The monoisotopic (exact) mass is 255 g/mol. The molecule has 0 radical (unpaired) electrons. The molecular formula is C14H13N3O2. The second kappa shape index (κ2) is 6.36. The highest BCUT2D eigenvalue weighted by Crippen LogP contribution is 2.13. The predicted octanol–water partition coefficient (Wildman–Crippen LogP) is 2.13. The van der Waals surface area contributed by atoms with Gasteiger partial charge < -0.3 is 9.47 Å². The van der Waals surface area contributed by atoms with E-state index in [0.717, 1.165) is 11.3 Å². The van der Waals surface area contributed by atoms with Crippen LogP contribution in [-0.4, -0.2) is 17.1 Å². The third kappa shape index (κ3) is 3.68. The normalized spacial score (nSPS) is 9.68. The Morgan fingerprint density at radius 3 is 2.68 bits per heavy atom. The van der Waals surface area contributed by atoms with Crippen molar-refractivity contribution in [2.45, 2.75) is 13.0 Å². The van der Waals surface area contributed by atoms with Gasteiger partial charge in [-0.05, 0) is 23.8 Å². The third-order valence-electron chi connectivity index (χ3n) is 2.48. The Kier molecular flexibility index (Phi) is 4.29. The van der Waals surface area contributed by atoms with Gasteiger partial charge in [0.05, 0.1) is 25.3 Å². The SMILES string of the molecule is COc1ccc(COc2nccc(CC#N)n2)cc1. The lowest BCUT2D eigenvalue weighted by Gasteiger charge is -2.06. The number of nitrogens with zero attached hydrogens (tertiary/aromatic N) is 3. The summed E-state index contributed by atoms with van der Waals surface area (Å²) < 4.78 is 10.6. The molecule has 96 valence electrons. The smallest absolute Gasteiger partial charge is 0.316 e. The van der Waals surface area contributed by atoms with E-state index in [9.17, 15) is 0 Å². The zero-order valence-electron chi connectivity index (χ0n) is 10.5. The number of benzene rings is 1. The molecule has 0 fully saturated rings. The first-order valence-corrected chi connectivity index (χ1v) is 5.76. The van der Waals surface area contributed by atoms with Gasteiger partial charge in [0.15, 0.2) is 0 Å². The van der Waals surface area contributed by atoms with E-state index in [1.165, 1.54) is 0 Å². The van der Waals surface area contributed by atoms with Crippen molar-refractivity contribution in [2.75, 3.05) is 7.11 Å². The largest absolute Gasteiger partial charge is 0.497 e. The fourth-order valence-corrected chi connectivity index (χ4v) is 1.49. The van der Waals surface area contributed by atoms with Crippen molar-refractivity contribution in [3.05, 3.63) is 47.8 Å². The van der Waals surface area contributed by atoms with E-state index in [2.05, 4.69) is 9.97 Å². The molecule has 0 spiro atoms. The van der Waals surface area contributed by atoms with Crippen molar-refractivity contribution in [1.82, 2.24) is 9.97 Å². The Labute approximate surface area is 111 Å². The average molecular weight is 255 g/mol. The van der Waals surface area contributed by atoms with Crippen molar-refractivity contribution in [2.24, 2.45) is 0 Å². The summed E-state index contributed by atoms with van der Waals surface area (Å²) >= 11 is 0. The number of hydrogen-bond donors (Lipinski definition) is 0. The summed E-state index contributed by atoms with van der Waals surface area (Å²) in [6.45, 7) is 0.375. The highest BCUT2D eigenvalue weighted by atomic mass is 16.5. The lowest BCUT2D eigenvalue weighted by Crippen LogP contribution is -2.01. The minimum Gasteiger partial charge on any atom is -0.497 e. The zero-order valence-corrected chi connectivity index (χ0v) is 10.5. The zero-order chi connectivity index (χ0) is 13.5. The summed E-state index contributed by atoms with van der Waals surface area (Å²) in [5.41, 5.74) is 1.65. The van der Waals surface area contributed by atoms with Gasteiger partial charge in [-0.25, -0.2) is 4.98 Å². The summed E-state index contributed by atoms with van der Waals surface area (Å²) in [6, 6.07) is 11.6. The molecule has 0 atom stereocenters. The molecule has 1 aromatic heterocycles. The van der Waals surface area contributed by atoms with Gasteiger partial charge in [0.25, 0.3) is 0 Å². The maximum absolute atomic E-state index is 8.60. The van der Waals surface area contributed by atoms with E-state index in [1.807, 2.05) is 30.3 Å². The molecule has 2 rings (SSSR count). The van der Waals surface area contributed by atoms with Crippen LogP contribution in [0.2, 0.25) is 0 Å². The molecule has 0 unspecified atom stereocenters. The van der Waals surface area contributed by atoms with Gasteiger partial charge in [-0.15, -0.1) is 0 Å². The van der Waals surface area contributed by atoms with Gasteiger partial charge in [-0.3, -0.25) is 0 Å². The molecule has 0 bridgehead atoms. The van der Waals surface area contributed by atoms with Crippen molar-refractivity contribution in [3.63, 3.8) is 0 Å². The van der Waals surface area contributed by atoms with Crippen LogP contribution in [0.3, 0.4) is 0 Å². The van der Waals surface area contributed by atoms with E-state index in [0.29, 0.717) is 12.3 Å². The molecule has 0 aliphatic rings. The predicted molar refractivity (Wildman–Crippen MR) is 68.7 cm³/mol. The van der Waals surface area contributed by atoms with Crippen LogP contribution in [0.25, 0.3) is 0 Å². The molecule has 5 nitrogen and oxygen atoms in total. The van der Waals surface area contributed by atoms with E-state index in [4.69, 9.17) is 14.7 Å². The quantitative estimate of drug-likeness (QED) is 0.818. The summed E-state index contributed by atoms with van der Waals surface area (Å²) in [7, 11) is 1.63. The third-order valence-corrected chi connectivity index (χ3v) is 2.48. The fraction of sp³-hybridized carbons (Fsp3) is 0.214. The maximum Gasteiger partial charge on any atom is 0.316 e. The first-order chi connectivity index (χ1) is 9.31. The Morgan fingerprint density at radius 2 is 2.00 bits per heavy atom. The van der Waals surface area contributed by atoms with E-state index in [-0.39, 0.29) is 12.4 Å². The van der Waals surface area contributed by atoms with E-state index < -0.39 is 0 Å². The van der Waals surface area contributed by atoms with Gasteiger partial charge in [0.1, 0.15) is 12.4 Å². The van der Waals surface area contributed by atoms with Gasteiger partial charge in [-0.2, -0.15) is 10.2 Å². The molecule has 0 N–H and O–H groups in total. The van der Waals surface area contributed by atoms with Gasteiger partial charge in [0, 0.05) is 6.20 Å². The summed E-state index contributed by atoms with van der Waals surface area (Å²) in [6.07, 6.45) is 1.84. The molecule has 0 amide bonds. The number of rotatable bonds is 5. The van der Waals surface area contributed by atoms with E-state index in [1.54, 1.807) is 19.4 Å². The lowest BCUT2D eigenvalue weighted by atomic mass is 10.2. The first kappa shape index (κ1) is 12.8. The van der Waals surface area contributed by atoms with Crippen LogP contribution in [0.4, 0.5) is 0 Å². The second-order valence-electron chi connectivity index (χ2n) is 3.80. The van der Waals surface area contributed by atoms with Crippen LogP contribution < -0.4 is 9.47 Å². The van der Waals surface area contributed by atoms with Crippen molar-refractivity contribution in [1.29, 1.82) is 5.26 Å². The second-order valence-corrected chi connectivity index (χ2v) is 3.80. The van der Waals surface area contributed by atoms with Gasteiger partial charge in [-0.1, -0.05) is 12.1 Å². The molecule has 19 heavy (non-hydrogen) atoms. The van der Waals surface area contributed by atoms with Crippen LogP contribution in [0.15, 0.2) is 36.5 Å². The fourth-order valence-electron chi connectivity index (χ4n) is 1.49. The number of aromatic nitrogens is 2. The van der Waals surface area contributed by atoms with Crippen molar-refractivity contribution in [3.8, 4) is 17.8 Å². The molecule has 1 aromatic carbocycles. The summed E-state index contributed by atoms with van der Waals surface area (Å²) in [4.78, 5) is 8.13. The summed E-state index contributed by atoms with van der Waals surface area (Å²) in [5.74, 6) is 0.802. The molecule has 2 aromatic rings. The molecule has 0 saturated carbocycles. The first-order valence-electron chi connectivity index (χ1n) is 5.76. The topological polar surface area (TPSA) is 68.0 Å². The average Bonchev–Trinajstić information content (AvgIpc) is 2.46. The standard InChI is InChI=1S/C14H13N3O2/c1-18-13-4-2-11(3-5-13)10-19-14-16-9-7-12(17-14)6-8-15/h2-5,7,9H,6,10H2,1H3. The van der Waals surface area contributed by atoms with Gasteiger partial charge >= 0.3 is 6.01 Å². The highest BCUT2D eigenvalue weighted by Gasteiger charge is 2.01. The molecule has 0 aliphatic carbocycles. The highest BCUT2D eigenvalue weighted by molar-refractivity contribution is 5.26. The van der Waals surface area contributed by atoms with Crippen LogP contribution >= 0.6 is 0 Å². The lowest BCUT2D eigenvalue weighted by molar-refractivity contribution is 0.279. The van der Waals surface area contributed by atoms with Crippen molar-refractivity contribution >= 4 is 0 Å². The van der Waals surface area contributed by atoms with Gasteiger partial charge in [0.2, 0.25) is 0 Å². The Bertz CT molecular complexity index is 576. The van der Waals surface area contributed by atoms with Crippen LogP contribution in [0.5, 0.6) is 11.8 Å². The molecule has 0 saturated heterocycles. The minimum atomic E-state index is 0.251. The molecule has 5 heteroatoms. The van der Waals surface area contributed by atoms with Crippen LogP contribution in [0, 0.1) is 11.3 Å². The number of methoxy groups -OCH3 is 1. The molecular weight excluding hydrogens is 242 g/mol. The number of ether oxygens (including phenoxy) is 2. The van der Waals surface area contributed by atoms with Crippen LogP contribution in [0.1, 0.15) is 11.3 Å². The summed E-state index contributed by atoms with van der Waals surface area (Å²) in [5, 5.41) is 8.60. The Morgan fingerprint density at radius 1 is 1.21 bits per heavy atom. The van der Waals surface area contributed by atoms with Crippen molar-refractivity contribution < 1.29 is 9.47 Å². The number of hydrogen-bond acceptors (Lipinski definition) is 5. The van der Waals surface area contributed by atoms with E-state index >= 15 is 0 Å². The number of nitriles is 1.